The van der Waals surface area contributed by atoms with E-state index in [0.717, 1.165) is 28.9 Å². The Morgan fingerprint density at radius 1 is 1.27 bits per heavy atom. The van der Waals surface area contributed by atoms with Gasteiger partial charge < -0.3 is 16.0 Å². The molecule has 26 heavy (non-hydrogen) atoms. The van der Waals surface area contributed by atoms with Gasteiger partial charge in [0.2, 0.25) is 5.78 Å². The number of benzene rings is 1. The van der Waals surface area contributed by atoms with Gasteiger partial charge in [0, 0.05) is 28.2 Å². The van der Waals surface area contributed by atoms with Gasteiger partial charge in [-0.15, -0.1) is 0 Å². The zero-order valence-electron chi connectivity index (χ0n) is 16.3. The number of amides is 1. The molecule has 1 aromatic carbocycles. The fraction of sp³-hybridized carbons (Fsp3) is 0.429. The number of nitrogens with one attached hydrogen (secondary N) is 3. The Labute approximate surface area is 155 Å². The van der Waals surface area contributed by atoms with Gasteiger partial charge in [-0.05, 0) is 57.9 Å². The normalized spacial score (nSPS) is 14.8. The third-order valence-corrected chi connectivity index (χ3v) is 4.11. The van der Waals surface area contributed by atoms with Crippen molar-refractivity contribution in [2.45, 2.75) is 59.0 Å². The van der Waals surface area contributed by atoms with Gasteiger partial charge in [-0.3, -0.25) is 9.59 Å². The number of fused-ring (bicyclic) bond motifs is 1. The van der Waals surface area contributed by atoms with Crippen molar-refractivity contribution in [1.29, 1.82) is 0 Å². The van der Waals surface area contributed by atoms with Crippen molar-refractivity contribution in [1.82, 2.24) is 5.32 Å². The minimum absolute atomic E-state index is 0.240. The monoisotopic (exact) mass is 355 g/mol. The smallest absolute Gasteiger partial charge is 0.293 e. The molecule has 1 amide bonds. The summed E-state index contributed by atoms with van der Waals surface area (Å²) in [5, 5.41) is 9.16. The predicted molar refractivity (Wildman–Crippen MR) is 108 cm³/mol. The summed E-state index contributed by atoms with van der Waals surface area (Å²) in [5.41, 5.74) is 4.18. The predicted octanol–water partition coefficient (Wildman–Crippen LogP) is 4.09. The molecule has 2 rings (SSSR count). The lowest BCUT2D eigenvalue weighted by Gasteiger charge is -2.27. The van der Waals surface area contributed by atoms with Gasteiger partial charge in [-0.1, -0.05) is 26.0 Å². The molecule has 0 radical (unpaired) electrons. The van der Waals surface area contributed by atoms with E-state index in [1.54, 1.807) is 0 Å². The van der Waals surface area contributed by atoms with E-state index in [1.165, 1.54) is 0 Å². The maximum atomic E-state index is 12.6. The second kappa shape index (κ2) is 7.87. The maximum absolute atomic E-state index is 12.6. The Hall–Kier alpha value is -2.40. The van der Waals surface area contributed by atoms with Crippen LogP contribution in [0.25, 0.3) is 5.57 Å². The quantitative estimate of drug-likeness (QED) is 0.672. The number of hydrogen-bond acceptors (Lipinski definition) is 4. The van der Waals surface area contributed by atoms with E-state index in [0.29, 0.717) is 12.1 Å². The number of anilines is 2. The molecule has 5 nitrogen and oxygen atoms in total. The van der Waals surface area contributed by atoms with Crippen LogP contribution in [0.15, 0.2) is 36.6 Å². The lowest BCUT2D eigenvalue weighted by atomic mass is 9.99. The summed E-state index contributed by atoms with van der Waals surface area (Å²) >= 11 is 0. The van der Waals surface area contributed by atoms with Crippen LogP contribution in [0.4, 0.5) is 11.4 Å². The standard InChI is InChI=1S/C21H29N3O2/c1-7-8-17(24-21(4,5)6)19(25)20(26)23-15-9-10-16-13(2)11-14(3)22-18(16)12-15/h9-12,17,22,24H,3,7-8H2,1-2,4-6H3,(H,23,26). The number of rotatable bonds is 6. The molecule has 0 aliphatic carbocycles. The molecule has 140 valence electrons. The lowest BCUT2D eigenvalue weighted by Crippen LogP contribution is -2.50. The summed E-state index contributed by atoms with van der Waals surface area (Å²) in [6.07, 6.45) is 3.42. The minimum atomic E-state index is -0.595. The summed E-state index contributed by atoms with van der Waals surface area (Å²) in [6.45, 7) is 13.9. The Morgan fingerprint density at radius 3 is 2.58 bits per heavy atom. The van der Waals surface area contributed by atoms with Crippen molar-refractivity contribution >= 4 is 28.6 Å². The molecule has 1 atom stereocenters. The number of Topliss-reactive ketones (excluding diaryl/α,β-unsaturated/α-hetero) is 1. The van der Waals surface area contributed by atoms with Crippen LogP contribution in [0.3, 0.4) is 0 Å². The second-order valence-electron chi connectivity index (χ2n) is 7.79. The highest BCUT2D eigenvalue weighted by atomic mass is 16.2. The first-order valence-electron chi connectivity index (χ1n) is 9.02. The molecular formula is C21H29N3O2. The van der Waals surface area contributed by atoms with Crippen molar-refractivity contribution in [3.05, 3.63) is 42.1 Å². The van der Waals surface area contributed by atoms with Crippen LogP contribution in [0.5, 0.6) is 0 Å². The highest BCUT2D eigenvalue weighted by Crippen LogP contribution is 2.32. The molecular weight excluding hydrogens is 326 g/mol. The van der Waals surface area contributed by atoms with Gasteiger partial charge in [0.15, 0.2) is 0 Å². The van der Waals surface area contributed by atoms with Crippen LogP contribution >= 0.6 is 0 Å². The number of ketones is 1. The molecule has 1 heterocycles. The first-order chi connectivity index (χ1) is 12.1. The third-order valence-electron chi connectivity index (χ3n) is 4.11. The van der Waals surface area contributed by atoms with Crippen LogP contribution in [0.2, 0.25) is 0 Å². The van der Waals surface area contributed by atoms with Gasteiger partial charge in [-0.25, -0.2) is 0 Å². The highest BCUT2D eigenvalue weighted by Gasteiger charge is 2.28. The fourth-order valence-electron chi connectivity index (χ4n) is 3.05. The summed E-state index contributed by atoms with van der Waals surface area (Å²) in [5.74, 6) is -1.03. The first kappa shape index (κ1) is 19.9. The Morgan fingerprint density at radius 2 is 1.96 bits per heavy atom. The van der Waals surface area contributed by atoms with Gasteiger partial charge in [0.25, 0.3) is 5.91 Å². The van der Waals surface area contributed by atoms with Crippen LogP contribution in [0, 0.1) is 0 Å². The molecule has 0 saturated carbocycles. The molecule has 0 bridgehead atoms. The van der Waals surface area contributed by atoms with E-state index in [2.05, 4.69) is 22.5 Å². The summed E-state index contributed by atoms with van der Waals surface area (Å²) in [7, 11) is 0. The summed E-state index contributed by atoms with van der Waals surface area (Å²) in [6, 6.07) is 5.08. The number of hydrogen-bond donors (Lipinski definition) is 3. The SMILES string of the molecule is C=C1C=C(C)c2ccc(NC(=O)C(=O)C(CCC)NC(C)(C)C)cc2N1. The Balaban J connectivity index is 2.14. The van der Waals surface area contributed by atoms with E-state index < -0.39 is 17.7 Å². The largest absolute Gasteiger partial charge is 0.355 e. The molecule has 0 fully saturated rings. The fourth-order valence-corrected chi connectivity index (χ4v) is 3.05. The van der Waals surface area contributed by atoms with E-state index in [-0.39, 0.29) is 5.54 Å². The maximum Gasteiger partial charge on any atom is 0.293 e. The number of allylic oxidation sites excluding steroid dienone is 2. The van der Waals surface area contributed by atoms with Crippen LogP contribution in [-0.2, 0) is 9.59 Å². The molecule has 0 aromatic heterocycles. The molecule has 1 unspecified atom stereocenters. The molecule has 0 spiro atoms. The van der Waals surface area contributed by atoms with Crippen molar-refractivity contribution < 1.29 is 9.59 Å². The molecule has 1 aliphatic rings. The van der Waals surface area contributed by atoms with E-state index >= 15 is 0 Å². The molecule has 3 N–H and O–H groups in total. The lowest BCUT2D eigenvalue weighted by molar-refractivity contribution is -0.136. The summed E-state index contributed by atoms with van der Waals surface area (Å²) < 4.78 is 0. The number of carbonyl (C=O) groups excluding carboxylic acids is 2. The van der Waals surface area contributed by atoms with Crippen LogP contribution in [-0.4, -0.2) is 23.3 Å². The third kappa shape index (κ3) is 5.05. The van der Waals surface area contributed by atoms with E-state index in [4.69, 9.17) is 0 Å². The Kier molecular flexibility index (Phi) is 6.03. The highest BCUT2D eigenvalue weighted by molar-refractivity contribution is 6.42. The molecule has 0 saturated heterocycles. The zero-order valence-corrected chi connectivity index (χ0v) is 16.3. The first-order valence-corrected chi connectivity index (χ1v) is 9.02. The van der Waals surface area contributed by atoms with Crippen molar-refractivity contribution in [2.24, 2.45) is 0 Å². The van der Waals surface area contributed by atoms with Crippen LogP contribution in [0.1, 0.15) is 53.0 Å². The Bertz CT molecular complexity index is 757. The van der Waals surface area contributed by atoms with Crippen molar-refractivity contribution in [3.8, 4) is 0 Å². The van der Waals surface area contributed by atoms with Crippen molar-refractivity contribution in [2.75, 3.05) is 10.6 Å². The second-order valence-corrected chi connectivity index (χ2v) is 7.79. The minimum Gasteiger partial charge on any atom is -0.355 e. The van der Waals surface area contributed by atoms with Gasteiger partial charge in [0.05, 0.1) is 6.04 Å². The van der Waals surface area contributed by atoms with E-state index in [9.17, 15) is 9.59 Å². The average Bonchev–Trinajstić information content (AvgIpc) is 2.51. The average molecular weight is 355 g/mol. The van der Waals surface area contributed by atoms with Gasteiger partial charge >= 0.3 is 0 Å². The van der Waals surface area contributed by atoms with Gasteiger partial charge in [0.1, 0.15) is 0 Å². The van der Waals surface area contributed by atoms with E-state index in [1.807, 2.05) is 58.9 Å². The summed E-state index contributed by atoms with van der Waals surface area (Å²) in [4.78, 5) is 25.1. The molecule has 1 aromatic rings. The molecule has 5 heteroatoms. The zero-order chi connectivity index (χ0) is 19.5. The molecule has 1 aliphatic heterocycles. The van der Waals surface area contributed by atoms with Gasteiger partial charge in [-0.2, -0.15) is 0 Å². The van der Waals surface area contributed by atoms with Crippen molar-refractivity contribution in [3.63, 3.8) is 0 Å². The topological polar surface area (TPSA) is 70.2 Å². The van der Waals surface area contributed by atoms with Crippen LogP contribution < -0.4 is 16.0 Å². The number of carbonyl (C=O) groups is 2.